The molecule has 1 aromatic rings. The van der Waals surface area contributed by atoms with Crippen LogP contribution in [0.25, 0.3) is 0 Å². The molecular weight excluding hydrogens is 267 g/mol. The summed E-state index contributed by atoms with van der Waals surface area (Å²) in [4.78, 5) is 22.4. The molecule has 0 saturated heterocycles. The summed E-state index contributed by atoms with van der Waals surface area (Å²) >= 11 is 2.93. The lowest BCUT2D eigenvalue weighted by Gasteiger charge is -2.03. The maximum Gasteiger partial charge on any atom is 0.337 e. The molecule has 0 fully saturated rings. The van der Waals surface area contributed by atoms with Gasteiger partial charge in [-0.25, -0.2) is 9.18 Å². The highest BCUT2D eigenvalue weighted by molar-refractivity contribution is 9.09. The normalized spacial score (nSPS) is 9.80. The van der Waals surface area contributed by atoms with Crippen LogP contribution in [0.2, 0.25) is 0 Å². The van der Waals surface area contributed by atoms with Gasteiger partial charge in [0.1, 0.15) is 5.82 Å². The van der Waals surface area contributed by atoms with Crippen LogP contribution in [-0.4, -0.2) is 24.2 Å². The molecule has 0 heterocycles. The lowest BCUT2D eigenvalue weighted by Crippen LogP contribution is -2.08. The number of hydrogen-bond acceptors (Lipinski definition) is 3. The molecule has 0 amide bonds. The molecule has 0 unspecified atom stereocenters. The SMILES string of the molecule is COC(=O)c1ccc(F)c(C(=O)CBr)c1. The third-order valence-electron chi connectivity index (χ3n) is 1.81. The minimum absolute atomic E-state index is 0.00848. The van der Waals surface area contributed by atoms with E-state index in [4.69, 9.17) is 0 Å². The summed E-state index contributed by atoms with van der Waals surface area (Å²) < 4.78 is 17.6. The van der Waals surface area contributed by atoms with Crippen molar-refractivity contribution in [1.82, 2.24) is 0 Å². The first-order valence-electron chi connectivity index (χ1n) is 4.07. The molecule has 0 aromatic heterocycles. The summed E-state index contributed by atoms with van der Waals surface area (Å²) in [5, 5.41) is 0.00848. The van der Waals surface area contributed by atoms with Crippen LogP contribution in [0.1, 0.15) is 20.7 Å². The molecule has 0 radical (unpaired) electrons. The van der Waals surface area contributed by atoms with Gasteiger partial charge in [0.2, 0.25) is 0 Å². The van der Waals surface area contributed by atoms with Gasteiger partial charge in [-0.05, 0) is 18.2 Å². The topological polar surface area (TPSA) is 43.4 Å². The number of Topliss-reactive ketones (excluding diaryl/α,β-unsaturated/α-hetero) is 1. The molecule has 0 saturated carbocycles. The Morgan fingerprint density at radius 1 is 1.47 bits per heavy atom. The summed E-state index contributed by atoms with van der Waals surface area (Å²) in [6.07, 6.45) is 0. The number of carbonyl (C=O) groups is 2. The summed E-state index contributed by atoms with van der Waals surface area (Å²) in [5.74, 6) is -1.66. The number of halogens is 2. The highest BCUT2D eigenvalue weighted by Gasteiger charge is 2.14. The molecule has 0 aliphatic rings. The van der Waals surface area contributed by atoms with Gasteiger partial charge in [0.15, 0.2) is 5.78 Å². The summed E-state index contributed by atoms with van der Waals surface area (Å²) in [7, 11) is 1.22. The number of alkyl halides is 1. The summed E-state index contributed by atoms with van der Waals surface area (Å²) in [6, 6.07) is 3.53. The number of benzene rings is 1. The quantitative estimate of drug-likeness (QED) is 0.482. The predicted molar refractivity (Wildman–Crippen MR) is 55.9 cm³/mol. The van der Waals surface area contributed by atoms with Gasteiger partial charge in [-0.1, -0.05) is 15.9 Å². The molecule has 0 N–H and O–H groups in total. The van der Waals surface area contributed by atoms with Crippen molar-refractivity contribution in [3.05, 3.63) is 35.1 Å². The van der Waals surface area contributed by atoms with E-state index < -0.39 is 17.6 Å². The van der Waals surface area contributed by atoms with Gasteiger partial charge >= 0.3 is 5.97 Å². The first-order chi connectivity index (χ1) is 7.10. The minimum atomic E-state index is -0.646. The van der Waals surface area contributed by atoms with E-state index in [1.54, 1.807) is 0 Å². The van der Waals surface area contributed by atoms with Crippen LogP contribution >= 0.6 is 15.9 Å². The number of ether oxygens (including phenoxy) is 1. The molecule has 3 nitrogen and oxygen atoms in total. The predicted octanol–water partition coefficient (Wildman–Crippen LogP) is 2.19. The summed E-state index contributed by atoms with van der Waals surface area (Å²) in [6.45, 7) is 0. The first-order valence-corrected chi connectivity index (χ1v) is 5.19. The molecule has 0 aliphatic carbocycles. The molecule has 0 atom stereocenters. The van der Waals surface area contributed by atoms with E-state index in [9.17, 15) is 14.0 Å². The van der Waals surface area contributed by atoms with E-state index in [-0.39, 0.29) is 16.5 Å². The van der Waals surface area contributed by atoms with E-state index in [0.717, 1.165) is 6.07 Å². The van der Waals surface area contributed by atoms with Crippen molar-refractivity contribution in [3.8, 4) is 0 Å². The van der Waals surface area contributed by atoms with E-state index in [0.29, 0.717) is 0 Å². The molecule has 0 aliphatic heterocycles. The molecule has 0 bridgehead atoms. The zero-order valence-electron chi connectivity index (χ0n) is 7.92. The Balaban J connectivity index is 3.16. The largest absolute Gasteiger partial charge is 0.465 e. The van der Waals surface area contributed by atoms with Gasteiger partial charge in [0, 0.05) is 0 Å². The summed E-state index contributed by atoms with van der Waals surface area (Å²) in [5.41, 5.74) is 0.0398. The van der Waals surface area contributed by atoms with Gasteiger partial charge in [-0.2, -0.15) is 0 Å². The molecule has 0 spiro atoms. The van der Waals surface area contributed by atoms with Crippen LogP contribution in [0.5, 0.6) is 0 Å². The third-order valence-corrected chi connectivity index (χ3v) is 2.32. The first kappa shape index (κ1) is 11.8. The lowest BCUT2D eigenvalue weighted by atomic mass is 10.1. The van der Waals surface area contributed by atoms with Crippen molar-refractivity contribution in [3.63, 3.8) is 0 Å². The van der Waals surface area contributed by atoms with Crippen molar-refractivity contribution in [1.29, 1.82) is 0 Å². The van der Waals surface area contributed by atoms with Crippen LogP contribution in [0, 0.1) is 5.82 Å². The van der Waals surface area contributed by atoms with Crippen molar-refractivity contribution in [2.75, 3.05) is 12.4 Å². The number of methoxy groups -OCH3 is 1. The Morgan fingerprint density at radius 3 is 2.67 bits per heavy atom. The maximum absolute atomic E-state index is 13.2. The molecule has 15 heavy (non-hydrogen) atoms. The van der Waals surface area contributed by atoms with Gasteiger partial charge in [0.05, 0.1) is 23.6 Å². The van der Waals surface area contributed by atoms with Crippen molar-refractivity contribution >= 4 is 27.7 Å². The van der Waals surface area contributed by atoms with E-state index in [2.05, 4.69) is 20.7 Å². The Labute approximate surface area is 94.4 Å². The number of esters is 1. The minimum Gasteiger partial charge on any atom is -0.465 e. The molecular formula is C10H8BrFO3. The second-order valence-electron chi connectivity index (χ2n) is 2.74. The molecule has 1 rings (SSSR count). The number of hydrogen-bond donors (Lipinski definition) is 0. The number of carbonyl (C=O) groups excluding carboxylic acids is 2. The Kier molecular flexibility index (Phi) is 3.96. The zero-order valence-corrected chi connectivity index (χ0v) is 9.51. The molecule has 80 valence electrons. The fraction of sp³-hybridized carbons (Fsp3) is 0.200. The highest BCUT2D eigenvalue weighted by atomic mass is 79.9. The highest BCUT2D eigenvalue weighted by Crippen LogP contribution is 2.13. The average molecular weight is 275 g/mol. The van der Waals surface area contributed by atoms with E-state index in [1.807, 2.05) is 0 Å². The van der Waals surface area contributed by atoms with Crippen LogP contribution in [0.4, 0.5) is 4.39 Å². The zero-order chi connectivity index (χ0) is 11.4. The lowest BCUT2D eigenvalue weighted by molar-refractivity contribution is 0.0600. The number of ketones is 1. The van der Waals surface area contributed by atoms with Crippen LogP contribution in [0.15, 0.2) is 18.2 Å². The van der Waals surface area contributed by atoms with Gasteiger partial charge in [0.25, 0.3) is 0 Å². The van der Waals surface area contributed by atoms with E-state index in [1.165, 1.54) is 19.2 Å². The van der Waals surface area contributed by atoms with Crippen LogP contribution in [-0.2, 0) is 4.74 Å². The van der Waals surface area contributed by atoms with Gasteiger partial charge in [-0.15, -0.1) is 0 Å². The van der Waals surface area contributed by atoms with Crippen molar-refractivity contribution in [2.24, 2.45) is 0 Å². The standard InChI is InChI=1S/C10H8BrFO3/c1-15-10(14)6-2-3-8(12)7(4-6)9(13)5-11/h2-4H,5H2,1H3. The van der Waals surface area contributed by atoms with Gasteiger partial charge < -0.3 is 4.74 Å². The fourth-order valence-electron chi connectivity index (χ4n) is 1.06. The van der Waals surface area contributed by atoms with Crippen molar-refractivity contribution < 1.29 is 18.7 Å². The van der Waals surface area contributed by atoms with Crippen LogP contribution < -0.4 is 0 Å². The Morgan fingerprint density at radius 2 is 2.13 bits per heavy atom. The monoisotopic (exact) mass is 274 g/mol. The molecule has 1 aromatic carbocycles. The second-order valence-corrected chi connectivity index (χ2v) is 3.30. The smallest absolute Gasteiger partial charge is 0.337 e. The molecule has 5 heteroatoms. The number of rotatable bonds is 3. The van der Waals surface area contributed by atoms with Gasteiger partial charge in [-0.3, -0.25) is 4.79 Å². The Bertz CT molecular complexity index is 404. The average Bonchev–Trinajstić information content (AvgIpc) is 2.27. The van der Waals surface area contributed by atoms with Crippen LogP contribution in [0.3, 0.4) is 0 Å². The fourth-order valence-corrected chi connectivity index (χ4v) is 1.36. The van der Waals surface area contributed by atoms with E-state index >= 15 is 0 Å². The van der Waals surface area contributed by atoms with Crippen molar-refractivity contribution in [2.45, 2.75) is 0 Å². The maximum atomic E-state index is 13.2. The third kappa shape index (κ3) is 2.62. The Hall–Kier alpha value is -1.23. The second kappa shape index (κ2) is 5.02.